The van der Waals surface area contributed by atoms with Crippen molar-refractivity contribution in [1.29, 1.82) is 0 Å². The van der Waals surface area contributed by atoms with Crippen LogP contribution in [0, 0.1) is 10.1 Å². The number of benzene rings is 1. The van der Waals surface area contributed by atoms with Crippen molar-refractivity contribution in [3.05, 3.63) is 57.8 Å². The largest absolute Gasteiger partial charge is 0.486 e. The molecule has 0 bridgehead atoms. The number of furan rings is 1. The van der Waals surface area contributed by atoms with E-state index >= 15 is 0 Å². The van der Waals surface area contributed by atoms with Gasteiger partial charge in [-0.05, 0) is 36.8 Å². The summed E-state index contributed by atoms with van der Waals surface area (Å²) < 4.78 is 20.9. The molecule has 0 N–H and O–H groups in total. The highest BCUT2D eigenvalue weighted by Crippen LogP contribution is 2.31. The van der Waals surface area contributed by atoms with Gasteiger partial charge in [0.05, 0.1) is 6.07 Å². The molecule has 1 aliphatic rings. The van der Waals surface area contributed by atoms with Gasteiger partial charge in [-0.15, -0.1) is 0 Å². The third-order valence-electron chi connectivity index (χ3n) is 4.23. The smallest absolute Gasteiger partial charge is 0.433 e. The molecule has 0 radical (unpaired) electrons. The van der Waals surface area contributed by atoms with E-state index in [9.17, 15) is 19.7 Å². The van der Waals surface area contributed by atoms with Gasteiger partial charge in [0.25, 0.3) is 5.91 Å². The molecule has 1 amide bonds. The number of carbonyl (C=O) groups is 2. The zero-order valence-corrected chi connectivity index (χ0v) is 16.2. The zero-order valence-electron chi connectivity index (χ0n) is 16.2. The van der Waals surface area contributed by atoms with Crippen LogP contribution in [0.2, 0.25) is 0 Å². The molecule has 0 spiro atoms. The van der Waals surface area contributed by atoms with E-state index in [4.69, 9.17) is 18.6 Å². The normalized spacial score (nSPS) is 12.6. The van der Waals surface area contributed by atoms with Crippen LogP contribution >= 0.6 is 0 Å². The van der Waals surface area contributed by atoms with E-state index in [1.165, 1.54) is 23.1 Å². The Morgan fingerprint density at radius 1 is 1.20 bits per heavy atom. The van der Waals surface area contributed by atoms with Crippen LogP contribution in [-0.4, -0.2) is 48.1 Å². The number of nitrogens with zero attached hydrogens (tertiary/aromatic N) is 2. The molecule has 0 fully saturated rings. The summed E-state index contributed by atoms with van der Waals surface area (Å²) in [5.74, 6) is -0.130. The Labute approximate surface area is 171 Å². The summed E-state index contributed by atoms with van der Waals surface area (Å²) in [5.41, 5.74) is 0.861. The lowest BCUT2D eigenvalue weighted by Crippen LogP contribution is -2.34. The van der Waals surface area contributed by atoms with Crippen LogP contribution in [-0.2, 0) is 20.9 Å². The van der Waals surface area contributed by atoms with Crippen LogP contribution in [0.15, 0.2) is 40.8 Å². The summed E-state index contributed by atoms with van der Waals surface area (Å²) in [6.07, 6.45) is 2.26. The SMILES string of the molecule is CCN(Cc1ccc2c(c1)OCCO2)C(=O)COC(=O)/C=C/c1ccc([N+](=O)[O-])o1. The number of esters is 1. The summed E-state index contributed by atoms with van der Waals surface area (Å²) >= 11 is 0. The molecule has 0 saturated carbocycles. The van der Waals surface area contributed by atoms with Gasteiger partial charge in [-0.2, -0.15) is 0 Å². The van der Waals surface area contributed by atoms with Crippen molar-refractivity contribution in [2.75, 3.05) is 26.4 Å². The monoisotopic (exact) mass is 416 g/mol. The second kappa shape index (κ2) is 9.59. The fourth-order valence-corrected chi connectivity index (χ4v) is 2.74. The lowest BCUT2D eigenvalue weighted by Gasteiger charge is -2.23. The van der Waals surface area contributed by atoms with Gasteiger partial charge in [0.2, 0.25) is 0 Å². The minimum atomic E-state index is -0.766. The van der Waals surface area contributed by atoms with Gasteiger partial charge in [0.1, 0.15) is 23.9 Å². The van der Waals surface area contributed by atoms with Gasteiger partial charge in [-0.3, -0.25) is 14.9 Å². The first-order valence-corrected chi connectivity index (χ1v) is 9.21. The summed E-state index contributed by atoms with van der Waals surface area (Å²) in [6.45, 7) is 3.12. The Morgan fingerprint density at radius 3 is 2.67 bits per heavy atom. The number of ether oxygens (including phenoxy) is 3. The number of fused-ring (bicyclic) bond motifs is 1. The van der Waals surface area contributed by atoms with Crippen LogP contribution in [0.5, 0.6) is 11.5 Å². The van der Waals surface area contributed by atoms with Crippen molar-refractivity contribution in [2.24, 2.45) is 0 Å². The summed E-state index contributed by atoms with van der Waals surface area (Å²) in [6, 6.07) is 7.99. The second-order valence-corrected chi connectivity index (χ2v) is 6.26. The predicted molar refractivity (Wildman–Crippen MR) is 104 cm³/mol. The fourth-order valence-electron chi connectivity index (χ4n) is 2.74. The molecule has 0 saturated heterocycles. The topological polar surface area (TPSA) is 121 Å². The number of amides is 1. The fraction of sp³-hybridized carbons (Fsp3) is 0.300. The van der Waals surface area contributed by atoms with Gasteiger partial charge >= 0.3 is 11.9 Å². The first-order chi connectivity index (χ1) is 14.5. The van der Waals surface area contributed by atoms with E-state index in [0.717, 1.165) is 11.6 Å². The van der Waals surface area contributed by atoms with Gasteiger partial charge in [0, 0.05) is 19.2 Å². The van der Waals surface area contributed by atoms with E-state index in [-0.39, 0.29) is 11.7 Å². The molecule has 10 heteroatoms. The number of hydrogen-bond acceptors (Lipinski definition) is 8. The first-order valence-electron chi connectivity index (χ1n) is 9.21. The molecule has 158 valence electrons. The van der Waals surface area contributed by atoms with Crippen LogP contribution in [0.1, 0.15) is 18.2 Å². The van der Waals surface area contributed by atoms with Crippen molar-refractivity contribution in [3.8, 4) is 11.5 Å². The van der Waals surface area contributed by atoms with Crippen LogP contribution in [0.25, 0.3) is 6.08 Å². The quantitative estimate of drug-likeness (QED) is 0.279. The number of hydrogen-bond donors (Lipinski definition) is 0. The minimum absolute atomic E-state index is 0.124. The Kier molecular flexibility index (Phi) is 6.68. The highest BCUT2D eigenvalue weighted by atomic mass is 16.6. The highest BCUT2D eigenvalue weighted by Gasteiger charge is 2.17. The van der Waals surface area contributed by atoms with Crippen molar-refractivity contribution in [1.82, 2.24) is 4.90 Å². The van der Waals surface area contributed by atoms with E-state index in [1.807, 2.05) is 19.1 Å². The molecule has 0 atom stereocenters. The van der Waals surface area contributed by atoms with E-state index < -0.39 is 23.4 Å². The molecule has 30 heavy (non-hydrogen) atoms. The summed E-state index contributed by atoms with van der Waals surface area (Å²) in [7, 11) is 0. The Bertz CT molecular complexity index is 965. The average Bonchev–Trinajstić information content (AvgIpc) is 3.23. The van der Waals surface area contributed by atoms with Crippen molar-refractivity contribution >= 4 is 23.8 Å². The van der Waals surface area contributed by atoms with E-state index in [0.29, 0.717) is 37.8 Å². The average molecular weight is 416 g/mol. The van der Waals surface area contributed by atoms with Crippen LogP contribution in [0.4, 0.5) is 5.88 Å². The summed E-state index contributed by atoms with van der Waals surface area (Å²) in [5, 5.41) is 10.6. The van der Waals surface area contributed by atoms with E-state index in [2.05, 4.69) is 0 Å². The van der Waals surface area contributed by atoms with Gasteiger partial charge in [0.15, 0.2) is 18.1 Å². The van der Waals surface area contributed by atoms with Gasteiger partial charge < -0.3 is 23.5 Å². The van der Waals surface area contributed by atoms with E-state index in [1.54, 1.807) is 6.07 Å². The molecule has 10 nitrogen and oxygen atoms in total. The first kappa shape index (κ1) is 20.9. The second-order valence-electron chi connectivity index (χ2n) is 6.26. The molecular formula is C20H20N2O8. The Balaban J connectivity index is 1.51. The lowest BCUT2D eigenvalue weighted by atomic mass is 10.2. The molecule has 1 aliphatic heterocycles. The third kappa shape index (κ3) is 5.37. The molecule has 0 unspecified atom stereocenters. The maximum atomic E-state index is 12.4. The van der Waals surface area contributed by atoms with Crippen molar-refractivity contribution in [3.63, 3.8) is 0 Å². The highest BCUT2D eigenvalue weighted by molar-refractivity contribution is 5.89. The minimum Gasteiger partial charge on any atom is -0.486 e. The molecule has 2 heterocycles. The maximum Gasteiger partial charge on any atom is 0.433 e. The molecule has 0 aliphatic carbocycles. The number of rotatable bonds is 8. The number of likely N-dealkylation sites (N-methyl/N-ethyl adjacent to an activating group) is 1. The zero-order chi connectivity index (χ0) is 21.5. The maximum absolute atomic E-state index is 12.4. The van der Waals surface area contributed by atoms with Crippen molar-refractivity contribution < 1.29 is 33.1 Å². The van der Waals surface area contributed by atoms with Crippen LogP contribution in [0.3, 0.4) is 0 Å². The number of carbonyl (C=O) groups excluding carboxylic acids is 2. The van der Waals surface area contributed by atoms with Crippen molar-refractivity contribution in [2.45, 2.75) is 13.5 Å². The Morgan fingerprint density at radius 2 is 1.97 bits per heavy atom. The number of nitro groups is 1. The van der Waals surface area contributed by atoms with Gasteiger partial charge in [-0.1, -0.05) is 6.07 Å². The molecule has 1 aromatic carbocycles. The molecule has 1 aromatic heterocycles. The predicted octanol–water partition coefficient (Wildman–Crippen LogP) is 2.56. The summed E-state index contributed by atoms with van der Waals surface area (Å²) in [4.78, 5) is 35.6. The van der Waals surface area contributed by atoms with Crippen LogP contribution < -0.4 is 9.47 Å². The molecule has 3 rings (SSSR count). The third-order valence-corrected chi connectivity index (χ3v) is 4.23. The standard InChI is InChI=1S/C20H20N2O8/c1-2-21(12-14-3-6-16-17(11-14)28-10-9-27-16)18(23)13-29-20(24)8-5-15-4-7-19(30-15)22(25)26/h3-8,11H,2,9-10,12-13H2,1H3/b8-5+. The molecule has 2 aromatic rings. The molecular weight excluding hydrogens is 396 g/mol. The lowest BCUT2D eigenvalue weighted by molar-refractivity contribution is -0.402. The van der Waals surface area contributed by atoms with Gasteiger partial charge in [-0.25, -0.2) is 4.79 Å². The Hall–Kier alpha value is -3.82.